The molecule has 2 heteroatoms. The van der Waals surface area contributed by atoms with Crippen LogP contribution < -0.4 is 0 Å². The molecule has 0 amide bonds. The Morgan fingerprint density at radius 3 is 2.82 bits per heavy atom. The first-order chi connectivity index (χ1) is 8.08. The zero-order chi connectivity index (χ0) is 12.2. The predicted molar refractivity (Wildman–Crippen MR) is 66.4 cm³/mol. The van der Waals surface area contributed by atoms with Gasteiger partial charge in [-0.25, -0.2) is 0 Å². The standard InChI is InChI=1S/C15H22O2/c1-8-4-5-11-9(2)6-14-13(7-12(8)11)10(3)15(16)17-14/h8,10,12-14H,4-7H2,1-3H3/t8-,10+,12+,13-,14+/m1/s1. The number of carbonyl (C=O) groups excluding carboxylic acids is 1. The molecule has 5 atom stereocenters. The van der Waals surface area contributed by atoms with Crippen LogP contribution in [-0.2, 0) is 9.53 Å². The fourth-order valence-electron chi connectivity index (χ4n) is 4.13. The molecule has 0 spiro atoms. The molecule has 0 aromatic carbocycles. The molecule has 1 saturated heterocycles. The van der Waals surface area contributed by atoms with Gasteiger partial charge in [-0.05, 0) is 38.0 Å². The third-order valence-corrected chi connectivity index (χ3v) is 5.34. The number of hydrogen-bond donors (Lipinski definition) is 0. The molecule has 17 heavy (non-hydrogen) atoms. The van der Waals surface area contributed by atoms with Crippen LogP contribution in [0.2, 0.25) is 0 Å². The van der Waals surface area contributed by atoms with Crippen molar-refractivity contribution in [3.8, 4) is 0 Å². The normalized spacial score (nSPS) is 45.4. The molecular formula is C15H22O2. The van der Waals surface area contributed by atoms with Gasteiger partial charge in [0.25, 0.3) is 0 Å². The van der Waals surface area contributed by atoms with Crippen molar-refractivity contribution in [2.75, 3.05) is 0 Å². The Morgan fingerprint density at radius 2 is 2.06 bits per heavy atom. The first kappa shape index (κ1) is 11.3. The van der Waals surface area contributed by atoms with E-state index in [0.29, 0.717) is 5.92 Å². The van der Waals surface area contributed by atoms with Crippen molar-refractivity contribution >= 4 is 5.97 Å². The summed E-state index contributed by atoms with van der Waals surface area (Å²) in [6.45, 7) is 6.67. The minimum Gasteiger partial charge on any atom is -0.461 e. The second kappa shape index (κ2) is 3.86. The number of rotatable bonds is 0. The molecule has 2 aliphatic carbocycles. The molecule has 0 aromatic rings. The Labute approximate surface area is 103 Å². The maximum atomic E-state index is 11.7. The van der Waals surface area contributed by atoms with Crippen molar-refractivity contribution in [1.82, 2.24) is 0 Å². The summed E-state index contributed by atoms with van der Waals surface area (Å²) in [7, 11) is 0. The van der Waals surface area contributed by atoms with Gasteiger partial charge in [-0.15, -0.1) is 0 Å². The van der Waals surface area contributed by atoms with Gasteiger partial charge in [0.1, 0.15) is 6.10 Å². The Kier molecular flexibility index (Phi) is 2.57. The van der Waals surface area contributed by atoms with Crippen LogP contribution in [0, 0.1) is 23.7 Å². The highest BCUT2D eigenvalue weighted by Crippen LogP contribution is 2.49. The van der Waals surface area contributed by atoms with E-state index < -0.39 is 0 Å². The molecule has 0 aromatic heterocycles. The SMILES string of the molecule is CC1=C2CC[C@@H](C)[C@@H]2C[C@H]2[C@H](C1)OC(=O)[C@H]2C. The molecule has 2 nitrogen and oxygen atoms in total. The van der Waals surface area contributed by atoms with E-state index in [-0.39, 0.29) is 18.0 Å². The number of carbonyl (C=O) groups is 1. The van der Waals surface area contributed by atoms with Gasteiger partial charge in [0.05, 0.1) is 5.92 Å². The number of fused-ring (bicyclic) bond motifs is 2. The van der Waals surface area contributed by atoms with Crippen molar-refractivity contribution < 1.29 is 9.53 Å². The lowest BCUT2D eigenvalue weighted by molar-refractivity contribution is -0.143. The van der Waals surface area contributed by atoms with Gasteiger partial charge in [0.2, 0.25) is 0 Å². The molecule has 0 unspecified atom stereocenters. The molecule has 0 radical (unpaired) electrons. The highest BCUT2D eigenvalue weighted by Gasteiger charge is 2.46. The van der Waals surface area contributed by atoms with Crippen molar-refractivity contribution in [1.29, 1.82) is 0 Å². The fraction of sp³-hybridized carbons (Fsp3) is 0.800. The molecule has 3 aliphatic rings. The maximum Gasteiger partial charge on any atom is 0.309 e. The van der Waals surface area contributed by atoms with Crippen molar-refractivity contribution in [3.05, 3.63) is 11.1 Å². The molecule has 1 aliphatic heterocycles. The van der Waals surface area contributed by atoms with Crippen LogP contribution in [0.1, 0.15) is 46.5 Å². The lowest BCUT2D eigenvalue weighted by atomic mass is 9.81. The lowest BCUT2D eigenvalue weighted by Gasteiger charge is -2.22. The largest absolute Gasteiger partial charge is 0.461 e. The molecule has 3 rings (SSSR count). The predicted octanol–water partition coefficient (Wildman–Crippen LogP) is 3.32. The van der Waals surface area contributed by atoms with Gasteiger partial charge in [-0.3, -0.25) is 4.79 Å². The summed E-state index contributed by atoms with van der Waals surface area (Å²) in [5.74, 6) is 2.12. The number of ether oxygens (including phenoxy) is 1. The minimum atomic E-state index is 0.0295. The smallest absolute Gasteiger partial charge is 0.309 e. The monoisotopic (exact) mass is 234 g/mol. The minimum absolute atomic E-state index is 0.0295. The molecule has 94 valence electrons. The molecular weight excluding hydrogens is 212 g/mol. The van der Waals surface area contributed by atoms with E-state index in [2.05, 4.69) is 13.8 Å². The van der Waals surface area contributed by atoms with Gasteiger partial charge in [0.15, 0.2) is 0 Å². The first-order valence-corrected chi connectivity index (χ1v) is 6.97. The van der Waals surface area contributed by atoms with E-state index in [1.54, 1.807) is 5.57 Å². The Balaban J connectivity index is 1.93. The summed E-state index contributed by atoms with van der Waals surface area (Å²) in [4.78, 5) is 11.7. The maximum absolute atomic E-state index is 11.7. The number of esters is 1. The second-order valence-corrected chi connectivity index (χ2v) is 6.30. The Bertz CT molecular complexity index is 382. The van der Waals surface area contributed by atoms with Crippen molar-refractivity contribution in [2.24, 2.45) is 23.7 Å². The fourth-order valence-corrected chi connectivity index (χ4v) is 4.13. The summed E-state index contributed by atoms with van der Waals surface area (Å²) in [6.07, 6.45) is 4.94. The quantitative estimate of drug-likeness (QED) is 0.475. The Morgan fingerprint density at radius 1 is 1.29 bits per heavy atom. The Hall–Kier alpha value is -0.790. The van der Waals surface area contributed by atoms with Crippen molar-refractivity contribution in [3.63, 3.8) is 0 Å². The highest BCUT2D eigenvalue weighted by atomic mass is 16.6. The average molecular weight is 234 g/mol. The van der Waals surface area contributed by atoms with E-state index in [9.17, 15) is 4.79 Å². The van der Waals surface area contributed by atoms with Gasteiger partial charge >= 0.3 is 5.97 Å². The number of hydrogen-bond acceptors (Lipinski definition) is 2. The van der Waals surface area contributed by atoms with E-state index in [1.165, 1.54) is 24.8 Å². The summed E-state index contributed by atoms with van der Waals surface area (Å²) in [5.41, 5.74) is 3.20. The molecule has 1 heterocycles. The van der Waals surface area contributed by atoms with E-state index in [0.717, 1.165) is 18.3 Å². The van der Waals surface area contributed by atoms with E-state index in [4.69, 9.17) is 4.74 Å². The zero-order valence-electron chi connectivity index (χ0n) is 11.0. The summed E-state index contributed by atoms with van der Waals surface area (Å²) in [5, 5.41) is 0. The third-order valence-electron chi connectivity index (χ3n) is 5.34. The van der Waals surface area contributed by atoms with E-state index >= 15 is 0 Å². The summed E-state index contributed by atoms with van der Waals surface area (Å²) < 4.78 is 5.56. The zero-order valence-corrected chi connectivity index (χ0v) is 11.0. The van der Waals surface area contributed by atoms with Gasteiger partial charge in [0, 0.05) is 12.3 Å². The molecule has 1 saturated carbocycles. The van der Waals surface area contributed by atoms with Crippen molar-refractivity contribution in [2.45, 2.75) is 52.6 Å². The van der Waals surface area contributed by atoms with Gasteiger partial charge in [-0.2, -0.15) is 0 Å². The van der Waals surface area contributed by atoms with Crippen LogP contribution in [0.15, 0.2) is 11.1 Å². The van der Waals surface area contributed by atoms with Crippen LogP contribution in [-0.4, -0.2) is 12.1 Å². The number of allylic oxidation sites excluding steroid dienone is 1. The van der Waals surface area contributed by atoms with Crippen LogP contribution in [0.5, 0.6) is 0 Å². The topological polar surface area (TPSA) is 26.3 Å². The first-order valence-electron chi connectivity index (χ1n) is 6.97. The second-order valence-electron chi connectivity index (χ2n) is 6.30. The summed E-state index contributed by atoms with van der Waals surface area (Å²) >= 11 is 0. The summed E-state index contributed by atoms with van der Waals surface area (Å²) in [6, 6.07) is 0. The van der Waals surface area contributed by atoms with Crippen LogP contribution in [0.25, 0.3) is 0 Å². The average Bonchev–Trinajstić information content (AvgIpc) is 2.71. The lowest BCUT2D eigenvalue weighted by Crippen LogP contribution is -2.21. The third kappa shape index (κ3) is 1.64. The van der Waals surface area contributed by atoms with Crippen LogP contribution in [0.4, 0.5) is 0 Å². The molecule has 2 fully saturated rings. The molecule has 0 N–H and O–H groups in total. The van der Waals surface area contributed by atoms with E-state index in [1.807, 2.05) is 6.92 Å². The molecule has 0 bridgehead atoms. The van der Waals surface area contributed by atoms with Gasteiger partial charge < -0.3 is 4.74 Å². The van der Waals surface area contributed by atoms with Crippen LogP contribution >= 0.6 is 0 Å². The highest BCUT2D eigenvalue weighted by molar-refractivity contribution is 5.75. The van der Waals surface area contributed by atoms with Gasteiger partial charge in [-0.1, -0.05) is 25.0 Å². The van der Waals surface area contributed by atoms with Crippen LogP contribution in [0.3, 0.4) is 0 Å².